The summed E-state index contributed by atoms with van der Waals surface area (Å²) in [5, 5.41) is 1.92. The zero-order valence-electron chi connectivity index (χ0n) is 18.6. The van der Waals surface area contributed by atoms with Crippen LogP contribution in [-0.4, -0.2) is 22.7 Å². The van der Waals surface area contributed by atoms with E-state index in [0.29, 0.717) is 5.04 Å². The van der Waals surface area contributed by atoms with Crippen molar-refractivity contribution < 1.29 is 4.43 Å². The van der Waals surface area contributed by atoms with Crippen LogP contribution in [0, 0.1) is 11.8 Å². The van der Waals surface area contributed by atoms with Crippen molar-refractivity contribution in [2.24, 2.45) is 11.8 Å². The zero-order valence-corrected chi connectivity index (χ0v) is 20.6. The highest BCUT2D eigenvalue weighted by Gasteiger charge is 2.52. The van der Waals surface area contributed by atoms with Crippen LogP contribution in [0.5, 0.6) is 0 Å². The third-order valence-electron chi connectivity index (χ3n) is 7.88. The minimum absolute atomic E-state index is 0.197. The van der Waals surface area contributed by atoms with E-state index in [2.05, 4.69) is 70.7 Å². The van der Waals surface area contributed by atoms with Crippen molar-refractivity contribution in [1.29, 1.82) is 0 Å². The molecular formula is C24H41OSi2. The van der Waals surface area contributed by atoms with Gasteiger partial charge in [-0.1, -0.05) is 94.6 Å². The van der Waals surface area contributed by atoms with Crippen LogP contribution in [0.4, 0.5) is 0 Å². The lowest BCUT2D eigenvalue weighted by atomic mass is 9.63. The highest BCUT2D eigenvalue weighted by molar-refractivity contribution is 6.74. The van der Waals surface area contributed by atoms with Crippen molar-refractivity contribution in [3.05, 3.63) is 30.3 Å². The van der Waals surface area contributed by atoms with Crippen LogP contribution < -0.4 is 5.19 Å². The van der Waals surface area contributed by atoms with E-state index in [9.17, 15) is 0 Å². The SMILES string of the molecule is C[Si](C[C@@H]1CCC[C@]2(O[Si](C)(C)C(C)(C)C)CCCC[C@@H]12)c1ccccc1. The lowest BCUT2D eigenvalue weighted by molar-refractivity contribution is -0.0843. The number of hydrogen-bond acceptors (Lipinski definition) is 1. The Morgan fingerprint density at radius 1 is 1.04 bits per heavy atom. The summed E-state index contributed by atoms with van der Waals surface area (Å²) in [7, 11) is -2.19. The molecule has 0 bridgehead atoms. The number of fused-ring (bicyclic) bond motifs is 1. The van der Waals surface area contributed by atoms with Gasteiger partial charge in [-0.15, -0.1) is 0 Å². The first-order chi connectivity index (χ1) is 12.6. The van der Waals surface area contributed by atoms with Gasteiger partial charge in [-0.05, 0) is 49.2 Å². The van der Waals surface area contributed by atoms with E-state index in [0.717, 1.165) is 11.8 Å². The molecular weight excluding hydrogens is 360 g/mol. The molecule has 0 aromatic heterocycles. The molecule has 0 aliphatic heterocycles. The maximum atomic E-state index is 7.30. The van der Waals surface area contributed by atoms with Crippen molar-refractivity contribution >= 4 is 22.3 Å². The molecule has 27 heavy (non-hydrogen) atoms. The fourth-order valence-corrected chi connectivity index (χ4v) is 9.34. The van der Waals surface area contributed by atoms with Gasteiger partial charge < -0.3 is 4.43 Å². The molecule has 0 unspecified atom stereocenters. The molecule has 0 spiro atoms. The Balaban J connectivity index is 1.80. The maximum absolute atomic E-state index is 7.30. The molecule has 2 aliphatic carbocycles. The lowest BCUT2D eigenvalue weighted by Gasteiger charge is -2.56. The molecule has 3 atom stereocenters. The van der Waals surface area contributed by atoms with Crippen LogP contribution in [0.1, 0.15) is 65.7 Å². The Morgan fingerprint density at radius 3 is 2.37 bits per heavy atom. The highest BCUT2D eigenvalue weighted by Crippen LogP contribution is 2.53. The summed E-state index contributed by atoms with van der Waals surface area (Å²) in [4.78, 5) is 0. The van der Waals surface area contributed by atoms with Gasteiger partial charge in [-0.3, -0.25) is 0 Å². The Labute approximate surface area is 171 Å². The third kappa shape index (κ3) is 4.62. The first-order valence-electron chi connectivity index (χ1n) is 11.2. The molecule has 1 nitrogen and oxygen atoms in total. The average molecular weight is 402 g/mol. The van der Waals surface area contributed by atoms with Crippen molar-refractivity contribution in [2.45, 2.75) is 102 Å². The molecule has 2 aliphatic rings. The van der Waals surface area contributed by atoms with Crippen LogP contribution in [-0.2, 0) is 4.43 Å². The van der Waals surface area contributed by atoms with E-state index in [1.54, 1.807) is 5.19 Å². The standard InChI is InChI=1S/C24H41OSi2/c1-23(2,3)27(5,6)25-24-17-11-10-16-22(24)20(13-12-18-24)19-26(4)21-14-8-7-9-15-21/h7-9,14-15,20,22H,10-13,16-19H2,1-6H3/t20-,22-,24+/m0/s1. The largest absolute Gasteiger partial charge is 0.411 e. The molecule has 3 rings (SSSR count). The number of hydrogen-bond donors (Lipinski definition) is 0. The second kappa shape index (κ2) is 8.16. The topological polar surface area (TPSA) is 9.23 Å². The van der Waals surface area contributed by atoms with Gasteiger partial charge in [0, 0.05) is 0 Å². The fraction of sp³-hybridized carbons (Fsp3) is 0.750. The summed E-state index contributed by atoms with van der Waals surface area (Å²) in [6.45, 7) is 14.7. The van der Waals surface area contributed by atoms with Crippen LogP contribution >= 0.6 is 0 Å². The van der Waals surface area contributed by atoms with E-state index < -0.39 is 17.1 Å². The third-order valence-corrected chi connectivity index (χ3v) is 14.9. The van der Waals surface area contributed by atoms with Crippen molar-refractivity contribution in [3.63, 3.8) is 0 Å². The summed E-state index contributed by atoms with van der Waals surface area (Å²) < 4.78 is 7.30. The molecule has 1 radical (unpaired) electrons. The van der Waals surface area contributed by atoms with Gasteiger partial charge in [0.05, 0.1) is 14.4 Å². The molecule has 0 N–H and O–H groups in total. The van der Waals surface area contributed by atoms with Gasteiger partial charge in [0.15, 0.2) is 8.32 Å². The number of rotatable bonds is 5. The second-order valence-electron chi connectivity index (χ2n) is 10.8. The normalized spacial score (nSPS) is 29.6. The van der Waals surface area contributed by atoms with Crippen LogP contribution in [0.15, 0.2) is 30.3 Å². The maximum Gasteiger partial charge on any atom is 0.192 e. The Morgan fingerprint density at radius 2 is 1.70 bits per heavy atom. The average Bonchev–Trinajstić information content (AvgIpc) is 2.61. The summed E-state index contributed by atoms with van der Waals surface area (Å²) in [6, 6.07) is 12.7. The minimum atomic E-state index is -1.73. The van der Waals surface area contributed by atoms with Crippen LogP contribution in [0.3, 0.4) is 0 Å². The Hall–Kier alpha value is -0.386. The summed E-state index contributed by atoms with van der Waals surface area (Å²) in [6.07, 6.45) is 9.64. The predicted molar refractivity (Wildman–Crippen MR) is 123 cm³/mol. The zero-order chi connectivity index (χ0) is 19.7. The Bertz CT molecular complexity index is 603. The molecule has 0 heterocycles. The monoisotopic (exact) mass is 401 g/mol. The molecule has 0 saturated heterocycles. The van der Waals surface area contributed by atoms with Gasteiger partial charge >= 0.3 is 0 Å². The minimum Gasteiger partial charge on any atom is -0.411 e. The van der Waals surface area contributed by atoms with E-state index >= 15 is 0 Å². The molecule has 1 aromatic carbocycles. The van der Waals surface area contributed by atoms with Crippen molar-refractivity contribution in [1.82, 2.24) is 0 Å². The van der Waals surface area contributed by atoms with E-state index in [4.69, 9.17) is 4.43 Å². The molecule has 1 aromatic rings. The van der Waals surface area contributed by atoms with Gasteiger partial charge in [-0.2, -0.15) is 0 Å². The Kier molecular flexibility index (Phi) is 6.44. The second-order valence-corrected chi connectivity index (χ2v) is 18.1. The van der Waals surface area contributed by atoms with Crippen molar-refractivity contribution in [2.75, 3.05) is 0 Å². The number of benzene rings is 1. The molecule has 3 heteroatoms. The predicted octanol–water partition coefficient (Wildman–Crippen LogP) is 6.77. The van der Waals surface area contributed by atoms with Gasteiger partial charge in [0.2, 0.25) is 0 Å². The first kappa shape index (κ1) is 21.3. The van der Waals surface area contributed by atoms with Crippen molar-refractivity contribution in [3.8, 4) is 0 Å². The smallest absolute Gasteiger partial charge is 0.192 e. The van der Waals surface area contributed by atoms with E-state index in [1.807, 2.05) is 0 Å². The van der Waals surface area contributed by atoms with E-state index in [-0.39, 0.29) is 5.60 Å². The summed E-state index contributed by atoms with van der Waals surface area (Å²) in [5.41, 5.74) is 0.197. The summed E-state index contributed by atoms with van der Waals surface area (Å²) >= 11 is 0. The van der Waals surface area contributed by atoms with E-state index in [1.165, 1.54) is 51.0 Å². The lowest BCUT2D eigenvalue weighted by Crippen LogP contribution is -2.57. The highest BCUT2D eigenvalue weighted by atomic mass is 28.4. The molecule has 2 saturated carbocycles. The quantitative estimate of drug-likeness (QED) is 0.495. The molecule has 2 fully saturated rings. The molecule has 151 valence electrons. The first-order valence-corrected chi connectivity index (χ1v) is 16.3. The van der Waals surface area contributed by atoms with Crippen LogP contribution in [0.25, 0.3) is 0 Å². The van der Waals surface area contributed by atoms with Crippen LogP contribution in [0.2, 0.25) is 30.7 Å². The van der Waals surface area contributed by atoms with Gasteiger partial charge in [0.25, 0.3) is 0 Å². The van der Waals surface area contributed by atoms with Gasteiger partial charge in [0.1, 0.15) is 0 Å². The molecule has 0 amide bonds. The van der Waals surface area contributed by atoms with Gasteiger partial charge in [-0.25, -0.2) is 0 Å². The fourth-order valence-electron chi connectivity index (χ4n) is 5.39. The summed E-state index contributed by atoms with van der Waals surface area (Å²) in [5.74, 6) is 1.68.